The second-order valence-corrected chi connectivity index (χ2v) is 7.04. The average Bonchev–Trinajstić information content (AvgIpc) is 2.92. The van der Waals surface area contributed by atoms with Crippen molar-refractivity contribution in [2.24, 2.45) is 12.5 Å². The van der Waals surface area contributed by atoms with Gasteiger partial charge in [-0.05, 0) is 23.6 Å². The summed E-state index contributed by atoms with van der Waals surface area (Å²) in [7, 11) is 2.07. The Morgan fingerprint density at radius 3 is 2.32 bits per heavy atom. The lowest BCUT2D eigenvalue weighted by atomic mass is 9.72. The van der Waals surface area contributed by atoms with E-state index in [2.05, 4.69) is 49.7 Å². The van der Waals surface area contributed by atoms with Gasteiger partial charge in [0, 0.05) is 23.4 Å². The van der Waals surface area contributed by atoms with Crippen LogP contribution in [0.25, 0.3) is 10.9 Å². The van der Waals surface area contributed by atoms with Gasteiger partial charge >= 0.3 is 0 Å². The van der Waals surface area contributed by atoms with Gasteiger partial charge in [0.15, 0.2) is 0 Å². The van der Waals surface area contributed by atoms with Crippen molar-refractivity contribution in [2.75, 3.05) is 0 Å². The van der Waals surface area contributed by atoms with Gasteiger partial charge in [-0.2, -0.15) is 0 Å². The van der Waals surface area contributed by atoms with Gasteiger partial charge in [-0.3, -0.25) is 0 Å². The number of aryl methyl sites for hydroxylation is 1. The minimum absolute atomic E-state index is 0.235. The van der Waals surface area contributed by atoms with Crippen LogP contribution >= 0.6 is 0 Å². The van der Waals surface area contributed by atoms with Gasteiger partial charge in [-0.25, -0.2) is 0 Å². The van der Waals surface area contributed by atoms with Crippen molar-refractivity contribution in [1.29, 1.82) is 0 Å². The number of aromatic nitrogens is 1. The van der Waals surface area contributed by atoms with E-state index in [4.69, 9.17) is 0 Å². The molecule has 0 fully saturated rings. The Hall–Kier alpha value is -2.06. The van der Waals surface area contributed by atoms with Crippen molar-refractivity contribution in [3.63, 3.8) is 0 Å². The van der Waals surface area contributed by atoms with Gasteiger partial charge in [0.05, 0.1) is 5.69 Å². The number of rotatable bonds is 1. The molecule has 1 atom stereocenters. The van der Waals surface area contributed by atoms with Crippen molar-refractivity contribution in [2.45, 2.75) is 25.9 Å². The number of aliphatic hydroxyl groups is 1. The predicted molar refractivity (Wildman–Crippen MR) is 89.8 cm³/mol. The molecule has 0 aliphatic heterocycles. The van der Waals surface area contributed by atoms with Crippen LogP contribution in [0.5, 0.6) is 0 Å². The summed E-state index contributed by atoms with van der Waals surface area (Å²) < 4.78 is 2.17. The molecule has 0 amide bonds. The maximum atomic E-state index is 11.8. The Labute approximate surface area is 131 Å². The third-order valence-corrected chi connectivity index (χ3v) is 5.34. The Morgan fingerprint density at radius 1 is 0.955 bits per heavy atom. The third kappa shape index (κ3) is 1.48. The fourth-order valence-corrected chi connectivity index (χ4v) is 4.21. The van der Waals surface area contributed by atoms with Gasteiger partial charge in [-0.1, -0.05) is 62.4 Å². The van der Waals surface area contributed by atoms with Crippen LogP contribution in [0.4, 0.5) is 0 Å². The van der Waals surface area contributed by atoms with E-state index in [9.17, 15) is 5.11 Å². The maximum absolute atomic E-state index is 11.8. The van der Waals surface area contributed by atoms with Gasteiger partial charge in [0.25, 0.3) is 0 Å². The number of nitrogens with zero attached hydrogens (tertiary/aromatic N) is 1. The van der Waals surface area contributed by atoms with E-state index in [-0.39, 0.29) is 5.41 Å². The normalized spacial score (nSPS) is 22.9. The lowest BCUT2D eigenvalue weighted by Crippen LogP contribution is -2.41. The zero-order chi connectivity index (χ0) is 15.5. The molecule has 0 radical (unpaired) electrons. The van der Waals surface area contributed by atoms with Crippen LogP contribution in [-0.4, -0.2) is 9.67 Å². The molecule has 2 aromatic carbocycles. The highest BCUT2D eigenvalue weighted by Crippen LogP contribution is 2.55. The number of para-hydroxylation sites is 1. The number of hydrogen-bond acceptors (Lipinski definition) is 1. The van der Waals surface area contributed by atoms with E-state index in [0.29, 0.717) is 0 Å². The third-order valence-electron chi connectivity index (χ3n) is 5.34. The molecule has 3 aromatic rings. The molecular weight excluding hydrogens is 270 g/mol. The first-order valence-corrected chi connectivity index (χ1v) is 7.81. The van der Waals surface area contributed by atoms with Gasteiger partial charge in [-0.15, -0.1) is 0 Å². The lowest BCUT2D eigenvalue weighted by molar-refractivity contribution is -0.0261. The summed E-state index contributed by atoms with van der Waals surface area (Å²) in [6.07, 6.45) is 0.884. The summed E-state index contributed by atoms with van der Waals surface area (Å²) >= 11 is 0. The average molecular weight is 291 g/mol. The number of fused-ring (bicyclic) bond motifs is 3. The topological polar surface area (TPSA) is 25.2 Å². The van der Waals surface area contributed by atoms with Crippen molar-refractivity contribution >= 4 is 10.9 Å². The van der Waals surface area contributed by atoms with E-state index in [1.54, 1.807) is 0 Å². The summed E-state index contributed by atoms with van der Waals surface area (Å²) in [5.41, 5.74) is 3.31. The lowest BCUT2D eigenvalue weighted by Gasteiger charge is -2.38. The van der Waals surface area contributed by atoms with E-state index < -0.39 is 5.60 Å². The largest absolute Gasteiger partial charge is 0.378 e. The molecule has 0 saturated carbocycles. The zero-order valence-corrected chi connectivity index (χ0v) is 13.3. The minimum Gasteiger partial charge on any atom is -0.378 e. The summed E-state index contributed by atoms with van der Waals surface area (Å²) in [6, 6.07) is 18.5. The van der Waals surface area contributed by atoms with E-state index in [1.165, 1.54) is 16.5 Å². The van der Waals surface area contributed by atoms with Crippen LogP contribution in [0.3, 0.4) is 0 Å². The Kier molecular flexibility index (Phi) is 2.62. The zero-order valence-electron chi connectivity index (χ0n) is 13.3. The second kappa shape index (κ2) is 4.23. The molecule has 0 saturated heterocycles. The summed E-state index contributed by atoms with van der Waals surface area (Å²) in [6.45, 7) is 4.32. The first kappa shape index (κ1) is 13.6. The number of benzene rings is 2. The highest BCUT2D eigenvalue weighted by Gasteiger charge is 2.54. The van der Waals surface area contributed by atoms with Crippen LogP contribution in [0, 0.1) is 5.41 Å². The molecule has 22 heavy (non-hydrogen) atoms. The van der Waals surface area contributed by atoms with Crippen molar-refractivity contribution in [3.05, 3.63) is 71.4 Å². The van der Waals surface area contributed by atoms with Gasteiger partial charge in [0.1, 0.15) is 5.60 Å². The summed E-state index contributed by atoms with van der Waals surface area (Å²) in [5, 5.41) is 13.1. The highest BCUT2D eigenvalue weighted by atomic mass is 16.3. The predicted octanol–water partition coefficient (Wildman–Crippen LogP) is 4.00. The fraction of sp³-hybridized carbons (Fsp3) is 0.300. The molecule has 1 aromatic heterocycles. The van der Waals surface area contributed by atoms with Crippen LogP contribution < -0.4 is 0 Å². The molecule has 1 heterocycles. The molecule has 2 nitrogen and oxygen atoms in total. The molecular formula is C20H21NO. The smallest absolute Gasteiger partial charge is 0.135 e. The summed E-state index contributed by atoms with van der Waals surface area (Å²) in [5.74, 6) is 0. The first-order chi connectivity index (χ1) is 10.5. The first-order valence-electron chi connectivity index (χ1n) is 7.81. The van der Waals surface area contributed by atoms with Crippen LogP contribution in [0.15, 0.2) is 54.6 Å². The quantitative estimate of drug-likeness (QED) is 0.720. The summed E-state index contributed by atoms with van der Waals surface area (Å²) in [4.78, 5) is 0. The van der Waals surface area contributed by atoms with Gasteiger partial charge < -0.3 is 9.67 Å². The molecule has 2 heteroatoms. The monoisotopic (exact) mass is 291 g/mol. The van der Waals surface area contributed by atoms with Crippen LogP contribution in [-0.2, 0) is 19.1 Å². The standard InChI is InChI=1S/C20H21NO/c1-19(2)13-16-15-11-7-8-12-17(15)21(3)18(16)20(19,22)14-9-5-4-6-10-14/h4-12,22H,13H2,1-3H3. The van der Waals surface area contributed by atoms with Crippen LogP contribution in [0.2, 0.25) is 0 Å². The van der Waals surface area contributed by atoms with Crippen molar-refractivity contribution in [3.8, 4) is 0 Å². The highest BCUT2D eigenvalue weighted by molar-refractivity contribution is 5.87. The van der Waals surface area contributed by atoms with E-state index >= 15 is 0 Å². The molecule has 1 aliphatic carbocycles. The van der Waals surface area contributed by atoms with E-state index in [1.807, 2.05) is 30.3 Å². The van der Waals surface area contributed by atoms with Crippen molar-refractivity contribution < 1.29 is 5.11 Å². The van der Waals surface area contributed by atoms with E-state index in [0.717, 1.165) is 17.7 Å². The molecule has 0 spiro atoms. The Balaban J connectivity index is 2.10. The molecule has 1 unspecified atom stereocenters. The second-order valence-electron chi connectivity index (χ2n) is 7.04. The Bertz CT molecular complexity index is 860. The van der Waals surface area contributed by atoms with Crippen molar-refractivity contribution in [1.82, 2.24) is 4.57 Å². The molecule has 0 bridgehead atoms. The molecule has 4 rings (SSSR count). The number of hydrogen-bond donors (Lipinski definition) is 1. The maximum Gasteiger partial charge on any atom is 0.135 e. The molecule has 1 aliphatic rings. The Morgan fingerprint density at radius 2 is 1.59 bits per heavy atom. The fourth-order valence-electron chi connectivity index (χ4n) is 4.21. The molecule has 112 valence electrons. The molecule has 1 N–H and O–H groups in total. The SMILES string of the molecule is Cn1c2c(c3ccccc31)CC(C)(C)C2(O)c1ccccc1. The van der Waals surface area contributed by atoms with Gasteiger partial charge in [0.2, 0.25) is 0 Å². The minimum atomic E-state index is -0.961. The van der Waals surface area contributed by atoms with Crippen LogP contribution in [0.1, 0.15) is 30.7 Å².